The Bertz CT molecular complexity index is 1690. The maximum atomic E-state index is 11.1. The topological polar surface area (TPSA) is 82.8 Å². The van der Waals surface area contributed by atoms with Crippen molar-refractivity contribution in [2.45, 2.75) is 0 Å². The van der Waals surface area contributed by atoms with Gasteiger partial charge < -0.3 is 19.5 Å². The highest BCUT2D eigenvalue weighted by atomic mass is 16.5. The van der Waals surface area contributed by atoms with E-state index in [1.54, 1.807) is 32.4 Å². The molecule has 0 atom stereocenters. The van der Waals surface area contributed by atoms with Crippen LogP contribution in [-0.2, 0) is 4.79 Å². The van der Waals surface area contributed by atoms with Crippen LogP contribution in [0.4, 0.5) is 17.1 Å². The van der Waals surface area contributed by atoms with Crippen LogP contribution in [0, 0.1) is 11.3 Å². The first-order valence-corrected chi connectivity index (χ1v) is 13.2. The maximum Gasteiger partial charge on any atom is 0.346 e. The van der Waals surface area contributed by atoms with Crippen molar-refractivity contribution in [1.29, 1.82) is 5.26 Å². The smallest absolute Gasteiger partial charge is 0.346 e. The quantitative estimate of drug-likeness (QED) is 0.146. The molecule has 0 saturated carbocycles. The molecule has 0 heterocycles. The van der Waals surface area contributed by atoms with Crippen LogP contribution < -0.4 is 14.4 Å². The summed E-state index contributed by atoms with van der Waals surface area (Å²) in [4.78, 5) is 13.3. The van der Waals surface area contributed by atoms with E-state index in [1.807, 2.05) is 60.7 Å². The van der Waals surface area contributed by atoms with Crippen molar-refractivity contribution in [3.8, 4) is 39.8 Å². The predicted octanol–water partition coefficient (Wildman–Crippen LogP) is 8.50. The molecule has 0 fully saturated rings. The molecule has 0 spiro atoms. The number of hydrogen-bond acceptors (Lipinski definition) is 5. The van der Waals surface area contributed by atoms with Crippen molar-refractivity contribution < 1.29 is 19.4 Å². The first-order chi connectivity index (χ1) is 20.5. The number of benzene rings is 5. The Balaban J connectivity index is 1.38. The Hall–Kier alpha value is -5.80. The minimum absolute atomic E-state index is 0.297. The van der Waals surface area contributed by atoms with Gasteiger partial charge in [-0.25, -0.2) is 4.79 Å². The molecule has 206 valence electrons. The lowest BCUT2D eigenvalue weighted by Crippen LogP contribution is -2.09. The lowest BCUT2D eigenvalue weighted by Gasteiger charge is -2.26. The molecule has 5 aromatic carbocycles. The third-order valence-corrected chi connectivity index (χ3v) is 6.91. The van der Waals surface area contributed by atoms with Crippen molar-refractivity contribution >= 4 is 29.1 Å². The van der Waals surface area contributed by atoms with Crippen LogP contribution in [0.15, 0.2) is 127 Å². The number of nitrogens with zero attached hydrogens (tertiary/aromatic N) is 2. The highest BCUT2D eigenvalue weighted by Gasteiger charge is 2.13. The van der Waals surface area contributed by atoms with Crippen molar-refractivity contribution in [3.63, 3.8) is 0 Å². The van der Waals surface area contributed by atoms with Crippen LogP contribution >= 0.6 is 0 Å². The molecule has 5 aromatic rings. The second-order valence-electron chi connectivity index (χ2n) is 9.45. The molecule has 6 nitrogen and oxygen atoms in total. The number of carboxylic acids is 1. The fourth-order valence-electron chi connectivity index (χ4n) is 4.65. The summed E-state index contributed by atoms with van der Waals surface area (Å²) in [5.74, 6) is 0.358. The van der Waals surface area contributed by atoms with Crippen molar-refractivity contribution in [1.82, 2.24) is 0 Å². The van der Waals surface area contributed by atoms with E-state index in [4.69, 9.17) is 19.8 Å². The van der Waals surface area contributed by atoms with E-state index >= 15 is 0 Å². The van der Waals surface area contributed by atoms with Gasteiger partial charge in [0, 0.05) is 17.1 Å². The summed E-state index contributed by atoms with van der Waals surface area (Å²) in [6.07, 6.45) is 1.36. The average molecular weight is 553 g/mol. The fourth-order valence-corrected chi connectivity index (χ4v) is 4.65. The third kappa shape index (κ3) is 6.16. The van der Waals surface area contributed by atoms with E-state index in [1.165, 1.54) is 6.08 Å². The summed E-state index contributed by atoms with van der Waals surface area (Å²) < 4.78 is 10.7. The van der Waals surface area contributed by atoms with E-state index in [2.05, 4.69) is 53.4 Å². The molecule has 0 aliphatic rings. The van der Waals surface area contributed by atoms with Crippen molar-refractivity contribution in [3.05, 3.63) is 132 Å². The zero-order valence-electron chi connectivity index (χ0n) is 23.2. The minimum Gasteiger partial charge on any atom is -0.497 e. The molecule has 0 radical (unpaired) electrons. The molecule has 0 amide bonds. The Kier molecular flexibility index (Phi) is 8.32. The number of ether oxygens (including phenoxy) is 2. The van der Waals surface area contributed by atoms with Crippen molar-refractivity contribution in [2.75, 3.05) is 19.1 Å². The Morgan fingerprint density at radius 3 is 1.29 bits per heavy atom. The van der Waals surface area contributed by atoms with Crippen LogP contribution in [0.2, 0.25) is 0 Å². The van der Waals surface area contributed by atoms with E-state index in [0.717, 1.165) is 50.8 Å². The lowest BCUT2D eigenvalue weighted by atomic mass is 9.99. The van der Waals surface area contributed by atoms with Gasteiger partial charge in [-0.15, -0.1) is 0 Å². The number of methoxy groups -OCH3 is 2. The molecule has 0 saturated heterocycles. The molecule has 5 rings (SSSR count). The van der Waals surface area contributed by atoms with Gasteiger partial charge in [-0.3, -0.25) is 0 Å². The molecular weight excluding hydrogens is 524 g/mol. The second kappa shape index (κ2) is 12.6. The van der Waals surface area contributed by atoms with Crippen molar-refractivity contribution in [2.24, 2.45) is 0 Å². The number of nitriles is 1. The van der Waals surface area contributed by atoms with Crippen LogP contribution in [0.25, 0.3) is 28.3 Å². The van der Waals surface area contributed by atoms with Gasteiger partial charge in [0.1, 0.15) is 23.1 Å². The Morgan fingerprint density at radius 1 is 0.619 bits per heavy atom. The van der Waals surface area contributed by atoms with E-state index < -0.39 is 5.97 Å². The Morgan fingerprint density at radius 2 is 0.952 bits per heavy atom. The summed E-state index contributed by atoms with van der Waals surface area (Å²) in [7, 11) is 3.32. The number of hydrogen-bond donors (Lipinski definition) is 1. The van der Waals surface area contributed by atoms with Crippen LogP contribution in [0.5, 0.6) is 11.5 Å². The first kappa shape index (κ1) is 27.8. The fraction of sp³-hybridized carbons (Fsp3) is 0.0556. The standard InChI is InChI=1S/C36H28N2O4/c1-41-34-19-15-32(16-20-34)38(33-17-21-35(42-2)22-18-33)31-13-11-29(12-14-31)28-9-7-27(8-10-28)26-5-3-25(4-6-26)23-30(24-37)36(39)40/h3-23H,1-2H3,(H,39,40). The molecule has 0 aromatic heterocycles. The number of aliphatic carboxylic acids is 1. The maximum absolute atomic E-state index is 11.1. The molecule has 1 N–H and O–H groups in total. The zero-order valence-corrected chi connectivity index (χ0v) is 23.2. The number of carbonyl (C=O) groups is 1. The molecule has 0 unspecified atom stereocenters. The zero-order chi connectivity index (χ0) is 29.5. The summed E-state index contributed by atoms with van der Waals surface area (Å²) in [5, 5.41) is 18.1. The number of anilines is 3. The summed E-state index contributed by atoms with van der Waals surface area (Å²) >= 11 is 0. The predicted molar refractivity (Wildman–Crippen MR) is 166 cm³/mol. The van der Waals surface area contributed by atoms with Gasteiger partial charge in [0.15, 0.2) is 0 Å². The minimum atomic E-state index is -1.24. The van der Waals surface area contributed by atoms with Gasteiger partial charge in [0.05, 0.1) is 14.2 Å². The summed E-state index contributed by atoms with van der Waals surface area (Å²) in [6, 6.07) is 41.8. The van der Waals surface area contributed by atoms with Gasteiger partial charge in [0.25, 0.3) is 0 Å². The number of carboxylic acid groups (broad SMARTS) is 1. The summed E-state index contributed by atoms with van der Waals surface area (Å²) in [6.45, 7) is 0. The molecule has 42 heavy (non-hydrogen) atoms. The second-order valence-corrected chi connectivity index (χ2v) is 9.45. The van der Waals surface area contributed by atoms with Gasteiger partial charge >= 0.3 is 5.97 Å². The molecular formula is C36H28N2O4. The average Bonchev–Trinajstić information content (AvgIpc) is 3.05. The normalized spacial score (nSPS) is 10.9. The van der Waals surface area contributed by atoms with Crippen LogP contribution in [-0.4, -0.2) is 25.3 Å². The highest BCUT2D eigenvalue weighted by molar-refractivity contribution is 5.96. The molecule has 0 bridgehead atoms. The number of rotatable bonds is 9. The molecule has 0 aliphatic heterocycles. The van der Waals surface area contributed by atoms with Gasteiger partial charge in [-0.05, 0) is 94.6 Å². The van der Waals surface area contributed by atoms with E-state index in [-0.39, 0.29) is 5.57 Å². The van der Waals surface area contributed by atoms with Crippen LogP contribution in [0.3, 0.4) is 0 Å². The third-order valence-electron chi connectivity index (χ3n) is 6.91. The SMILES string of the molecule is COc1ccc(N(c2ccc(OC)cc2)c2ccc(-c3ccc(-c4ccc(C=C(C#N)C(=O)O)cc4)cc3)cc2)cc1. The highest BCUT2D eigenvalue weighted by Crippen LogP contribution is 2.37. The molecule has 6 heteroatoms. The first-order valence-electron chi connectivity index (χ1n) is 13.2. The van der Waals surface area contributed by atoms with Crippen LogP contribution in [0.1, 0.15) is 5.56 Å². The van der Waals surface area contributed by atoms with E-state index in [9.17, 15) is 4.79 Å². The largest absolute Gasteiger partial charge is 0.497 e. The summed E-state index contributed by atoms with van der Waals surface area (Å²) in [5.41, 5.74) is 7.60. The van der Waals surface area contributed by atoms with Gasteiger partial charge in [-0.1, -0.05) is 60.7 Å². The Labute approximate surface area is 244 Å². The lowest BCUT2D eigenvalue weighted by molar-refractivity contribution is -0.132. The van der Waals surface area contributed by atoms with Gasteiger partial charge in [-0.2, -0.15) is 5.26 Å². The van der Waals surface area contributed by atoms with Gasteiger partial charge in [0.2, 0.25) is 0 Å². The monoisotopic (exact) mass is 552 g/mol. The molecule has 0 aliphatic carbocycles. The van der Waals surface area contributed by atoms with E-state index in [0.29, 0.717) is 5.56 Å².